The molecule has 1 aliphatic carbocycles. The van der Waals surface area contributed by atoms with E-state index in [1.807, 2.05) is 0 Å². The molecule has 6 nitrogen and oxygen atoms in total. The number of amides is 1. The molecule has 170 valence electrons. The van der Waals surface area contributed by atoms with Gasteiger partial charge in [-0.05, 0) is 54.8 Å². The lowest BCUT2D eigenvalue weighted by Crippen LogP contribution is -2.09. The van der Waals surface area contributed by atoms with Crippen LogP contribution in [0.25, 0.3) is 11.1 Å². The molecule has 1 heterocycles. The molecule has 3 aromatic rings. The topological polar surface area (TPSA) is 78.9 Å². The first-order valence-electron chi connectivity index (χ1n) is 10.0. The highest BCUT2D eigenvalue weighted by Crippen LogP contribution is 2.35. The van der Waals surface area contributed by atoms with Crippen LogP contribution in [0.1, 0.15) is 18.4 Å². The second-order valence-corrected chi connectivity index (χ2v) is 7.46. The van der Waals surface area contributed by atoms with E-state index in [0.29, 0.717) is 22.8 Å². The van der Waals surface area contributed by atoms with Gasteiger partial charge in [-0.15, -0.1) is 0 Å². The van der Waals surface area contributed by atoms with Crippen molar-refractivity contribution in [2.75, 3.05) is 16.0 Å². The molecule has 0 unspecified atom stereocenters. The molecule has 1 amide bonds. The first-order chi connectivity index (χ1) is 15.7. The Morgan fingerprint density at radius 3 is 2.48 bits per heavy atom. The highest BCUT2D eigenvalue weighted by molar-refractivity contribution is 5.99. The number of carbonyl (C=O) groups excluding carboxylic acids is 1. The number of halogens is 4. The Morgan fingerprint density at radius 2 is 1.85 bits per heavy atom. The summed E-state index contributed by atoms with van der Waals surface area (Å²) in [5, 5.41) is 8.56. The van der Waals surface area contributed by atoms with Crippen molar-refractivity contribution in [1.82, 2.24) is 9.97 Å². The van der Waals surface area contributed by atoms with Crippen LogP contribution in [0.5, 0.6) is 0 Å². The monoisotopic (exact) mass is 457 g/mol. The average molecular weight is 457 g/mol. The lowest BCUT2D eigenvalue weighted by atomic mass is 10.1. The van der Waals surface area contributed by atoms with Crippen LogP contribution in [-0.2, 0) is 11.0 Å². The van der Waals surface area contributed by atoms with E-state index in [9.17, 15) is 22.4 Å². The van der Waals surface area contributed by atoms with Gasteiger partial charge in [0.1, 0.15) is 11.6 Å². The van der Waals surface area contributed by atoms with Crippen molar-refractivity contribution in [2.45, 2.75) is 25.1 Å². The van der Waals surface area contributed by atoms with Crippen molar-refractivity contribution in [3.63, 3.8) is 0 Å². The summed E-state index contributed by atoms with van der Waals surface area (Å²) in [6.07, 6.45) is 0.0375. The van der Waals surface area contributed by atoms with Gasteiger partial charge in [-0.25, -0.2) is 9.37 Å². The predicted octanol–water partition coefficient (Wildman–Crippen LogP) is 5.74. The van der Waals surface area contributed by atoms with Gasteiger partial charge >= 0.3 is 6.18 Å². The van der Waals surface area contributed by atoms with Gasteiger partial charge in [0.2, 0.25) is 11.9 Å². The van der Waals surface area contributed by atoms with E-state index < -0.39 is 23.5 Å². The molecule has 0 radical (unpaired) electrons. The van der Waals surface area contributed by atoms with Gasteiger partial charge in [0.15, 0.2) is 0 Å². The molecule has 0 aliphatic heterocycles. The Balaban J connectivity index is 1.70. The smallest absolute Gasteiger partial charge is 0.351 e. The Labute approximate surface area is 186 Å². The van der Waals surface area contributed by atoms with Gasteiger partial charge in [0, 0.05) is 23.5 Å². The first-order valence-corrected chi connectivity index (χ1v) is 10.0. The normalized spacial score (nSPS) is 13.3. The second-order valence-electron chi connectivity index (χ2n) is 7.46. The van der Waals surface area contributed by atoms with Crippen molar-refractivity contribution in [1.29, 1.82) is 0 Å². The number of nitrogens with one attached hydrogen (secondary N) is 3. The minimum Gasteiger partial charge on any atom is -0.351 e. The fourth-order valence-corrected chi connectivity index (χ4v) is 3.03. The molecular formula is C23H19F4N5O. The third kappa shape index (κ3) is 5.46. The minimum absolute atomic E-state index is 0.0149. The molecule has 1 saturated carbocycles. The maximum atomic E-state index is 14.5. The van der Waals surface area contributed by atoms with Crippen molar-refractivity contribution in [2.24, 2.45) is 0 Å². The number of nitrogens with zero attached hydrogens (tertiary/aromatic N) is 2. The van der Waals surface area contributed by atoms with Gasteiger partial charge in [-0.3, -0.25) is 4.79 Å². The van der Waals surface area contributed by atoms with Gasteiger partial charge in [0.05, 0.1) is 11.3 Å². The molecule has 0 atom stereocenters. The van der Waals surface area contributed by atoms with E-state index in [0.717, 1.165) is 31.1 Å². The van der Waals surface area contributed by atoms with Crippen molar-refractivity contribution < 1.29 is 22.4 Å². The SMILES string of the molecule is C=CC(=O)Nc1ccc(F)c(Nc2nc(NC3CC3)ncc2-c2ccc(C(F)(F)F)cc2)c1. The summed E-state index contributed by atoms with van der Waals surface area (Å²) in [4.78, 5) is 20.2. The molecule has 1 fully saturated rings. The van der Waals surface area contributed by atoms with Crippen LogP contribution in [0, 0.1) is 5.82 Å². The molecule has 10 heteroatoms. The molecular weight excluding hydrogens is 438 g/mol. The number of hydrogen-bond acceptors (Lipinski definition) is 5. The van der Waals surface area contributed by atoms with Crippen LogP contribution in [0.2, 0.25) is 0 Å². The zero-order valence-corrected chi connectivity index (χ0v) is 17.2. The van der Waals surface area contributed by atoms with E-state index >= 15 is 0 Å². The Morgan fingerprint density at radius 1 is 1.12 bits per heavy atom. The predicted molar refractivity (Wildman–Crippen MR) is 118 cm³/mol. The van der Waals surface area contributed by atoms with E-state index in [2.05, 4.69) is 32.5 Å². The zero-order chi connectivity index (χ0) is 23.6. The second kappa shape index (κ2) is 8.89. The number of anilines is 4. The summed E-state index contributed by atoms with van der Waals surface area (Å²) < 4.78 is 53.4. The Hall–Kier alpha value is -3.95. The van der Waals surface area contributed by atoms with Gasteiger partial charge in [-0.1, -0.05) is 18.7 Å². The lowest BCUT2D eigenvalue weighted by Gasteiger charge is -2.15. The lowest BCUT2D eigenvalue weighted by molar-refractivity contribution is -0.137. The summed E-state index contributed by atoms with van der Waals surface area (Å²) in [7, 11) is 0. The van der Waals surface area contributed by atoms with E-state index in [-0.39, 0.29) is 17.5 Å². The molecule has 3 N–H and O–H groups in total. The largest absolute Gasteiger partial charge is 0.416 e. The summed E-state index contributed by atoms with van der Waals surface area (Å²) in [5.74, 6) is -0.567. The van der Waals surface area contributed by atoms with Crippen LogP contribution in [-0.4, -0.2) is 21.9 Å². The zero-order valence-electron chi connectivity index (χ0n) is 17.2. The van der Waals surface area contributed by atoms with Crippen LogP contribution in [0.4, 0.5) is 40.7 Å². The highest BCUT2D eigenvalue weighted by atomic mass is 19.4. The van der Waals surface area contributed by atoms with Crippen LogP contribution in [0.15, 0.2) is 61.3 Å². The molecule has 2 aromatic carbocycles. The maximum absolute atomic E-state index is 14.5. The number of carbonyl (C=O) groups is 1. The third-order valence-electron chi connectivity index (χ3n) is 4.89. The van der Waals surface area contributed by atoms with Crippen LogP contribution < -0.4 is 16.0 Å². The van der Waals surface area contributed by atoms with E-state index in [1.165, 1.54) is 36.5 Å². The molecule has 4 rings (SSSR count). The number of rotatable bonds is 7. The van der Waals surface area contributed by atoms with Gasteiger partial charge in [0.25, 0.3) is 0 Å². The Kier molecular flexibility index (Phi) is 5.99. The van der Waals surface area contributed by atoms with Crippen molar-refractivity contribution in [3.8, 4) is 11.1 Å². The third-order valence-corrected chi connectivity index (χ3v) is 4.89. The van der Waals surface area contributed by atoms with Crippen LogP contribution >= 0.6 is 0 Å². The fraction of sp³-hybridized carbons (Fsp3) is 0.174. The quantitative estimate of drug-likeness (QED) is 0.311. The highest BCUT2D eigenvalue weighted by Gasteiger charge is 2.30. The van der Waals surface area contributed by atoms with E-state index in [4.69, 9.17) is 0 Å². The summed E-state index contributed by atoms with van der Waals surface area (Å²) in [6.45, 7) is 3.37. The number of hydrogen-bond donors (Lipinski definition) is 3. The standard InChI is InChI=1S/C23H19F4N5O/c1-2-20(33)29-16-9-10-18(24)19(11-16)31-21-17(12-28-22(32-21)30-15-7-8-15)13-3-5-14(6-4-13)23(25,26)27/h2-6,9-12,15H,1,7-8H2,(H,29,33)(H2,28,30,31,32). The molecule has 0 spiro atoms. The number of aromatic nitrogens is 2. The number of alkyl halides is 3. The van der Waals surface area contributed by atoms with Gasteiger partial charge < -0.3 is 16.0 Å². The molecule has 33 heavy (non-hydrogen) atoms. The molecule has 1 aromatic heterocycles. The molecule has 0 saturated heterocycles. The van der Waals surface area contributed by atoms with Crippen LogP contribution in [0.3, 0.4) is 0 Å². The van der Waals surface area contributed by atoms with Crippen molar-refractivity contribution in [3.05, 3.63) is 72.7 Å². The van der Waals surface area contributed by atoms with Crippen molar-refractivity contribution >= 4 is 29.0 Å². The van der Waals surface area contributed by atoms with Gasteiger partial charge in [-0.2, -0.15) is 18.2 Å². The average Bonchev–Trinajstić information content (AvgIpc) is 3.60. The summed E-state index contributed by atoms with van der Waals surface area (Å²) in [5.41, 5.74) is 0.349. The molecule has 0 bridgehead atoms. The number of benzene rings is 2. The summed E-state index contributed by atoms with van der Waals surface area (Å²) >= 11 is 0. The summed E-state index contributed by atoms with van der Waals surface area (Å²) in [6, 6.07) is 8.72. The first kappa shape index (κ1) is 22.3. The maximum Gasteiger partial charge on any atom is 0.416 e. The van der Waals surface area contributed by atoms with E-state index in [1.54, 1.807) is 0 Å². The minimum atomic E-state index is -4.46. The molecule has 1 aliphatic rings. The fourth-order valence-electron chi connectivity index (χ4n) is 3.03. The Bertz CT molecular complexity index is 1190.